The van der Waals surface area contributed by atoms with Crippen LogP contribution in [0, 0.1) is 5.92 Å². The van der Waals surface area contributed by atoms with Gasteiger partial charge in [-0.05, 0) is 18.8 Å². The molecular formula is C10H18ClNO3S. The number of sulfonamides is 1. The van der Waals surface area contributed by atoms with Gasteiger partial charge in [0.15, 0.2) is 0 Å². The number of halogens is 1. The first-order chi connectivity index (χ1) is 7.51. The Kier molecular flexibility index (Phi) is 5.05. The number of hydrogen-bond donors (Lipinski definition) is 0. The maximum atomic E-state index is 11.8. The van der Waals surface area contributed by atoms with Crippen LogP contribution >= 0.6 is 11.6 Å². The third-order valence-corrected chi connectivity index (χ3v) is 4.96. The molecule has 0 aromatic heterocycles. The average molecular weight is 268 g/mol. The van der Waals surface area contributed by atoms with Gasteiger partial charge in [-0.15, -0.1) is 11.6 Å². The fraction of sp³-hybridized carbons (Fsp3) is 0.900. The van der Waals surface area contributed by atoms with E-state index in [0.717, 1.165) is 10.7 Å². The summed E-state index contributed by atoms with van der Waals surface area (Å²) in [5, 5.41) is 0. The number of hydrogen-bond acceptors (Lipinski definition) is 3. The molecule has 6 heteroatoms. The van der Waals surface area contributed by atoms with E-state index in [2.05, 4.69) is 0 Å². The third-order valence-electron chi connectivity index (χ3n) is 2.86. The van der Waals surface area contributed by atoms with Gasteiger partial charge in [0.25, 0.3) is 0 Å². The molecule has 0 aromatic rings. The van der Waals surface area contributed by atoms with Crippen molar-refractivity contribution in [3.05, 3.63) is 0 Å². The molecule has 0 radical (unpaired) electrons. The molecule has 1 atom stereocenters. The lowest BCUT2D eigenvalue weighted by Gasteiger charge is -2.16. The normalized spacial score (nSPS) is 21.8. The number of nitrogens with zero attached hydrogens (tertiary/aromatic N) is 1. The molecule has 1 saturated heterocycles. The quantitative estimate of drug-likeness (QED) is 0.543. The highest BCUT2D eigenvalue weighted by Gasteiger charge is 2.35. The van der Waals surface area contributed by atoms with Gasteiger partial charge >= 0.3 is 0 Å². The van der Waals surface area contributed by atoms with Crippen molar-refractivity contribution in [1.82, 2.24) is 4.31 Å². The monoisotopic (exact) mass is 267 g/mol. The summed E-state index contributed by atoms with van der Waals surface area (Å²) in [5.74, 6) is 0.427. The highest BCUT2D eigenvalue weighted by Crippen LogP contribution is 2.23. The van der Waals surface area contributed by atoms with Crippen LogP contribution < -0.4 is 0 Å². The van der Waals surface area contributed by atoms with Crippen LogP contribution in [0.2, 0.25) is 0 Å². The Morgan fingerprint density at radius 2 is 2.12 bits per heavy atom. The standard InChI is InChI=1S/C10H18ClNO3S/c1-2-9-7-10(13)12(8-9)16(14,15)6-4-3-5-11/h9H,2-8H2,1H3. The molecule has 0 N–H and O–H groups in total. The van der Waals surface area contributed by atoms with Crippen LogP contribution in [0.4, 0.5) is 0 Å². The Hall–Kier alpha value is -0.290. The van der Waals surface area contributed by atoms with Crippen molar-refractivity contribution in [3.8, 4) is 0 Å². The Balaban J connectivity index is 2.59. The minimum atomic E-state index is -3.40. The summed E-state index contributed by atoms with van der Waals surface area (Å²) in [6.45, 7) is 2.33. The Labute approximate surface area is 102 Å². The van der Waals surface area contributed by atoms with E-state index in [4.69, 9.17) is 11.6 Å². The van der Waals surface area contributed by atoms with Crippen LogP contribution in [0.3, 0.4) is 0 Å². The SMILES string of the molecule is CCC1CC(=O)N(S(=O)(=O)CCCCCl)C1. The molecule has 16 heavy (non-hydrogen) atoms. The van der Waals surface area contributed by atoms with Gasteiger partial charge in [-0.3, -0.25) is 4.79 Å². The number of carbonyl (C=O) groups is 1. The van der Waals surface area contributed by atoms with Crippen molar-refractivity contribution in [2.45, 2.75) is 32.6 Å². The van der Waals surface area contributed by atoms with Crippen LogP contribution in [0.25, 0.3) is 0 Å². The predicted octanol–water partition coefficient (Wildman–Crippen LogP) is 1.59. The largest absolute Gasteiger partial charge is 0.274 e. The van der Waals surface area contributed by atoms with E-state index in [1.54, 1.807) is 0 Å². The Morgan fingerprint density at radius 1 is 1.44 bits per heavy atom. The van der Waals surface area contributed by atoms with E-state index >= 15 is 0 Å². The smallest absolute Gasteiger partial charge is 0.237 e. The van der Waals surface area contributed by atoms with Crippen LogP contribution in [-0.4, -0.2) is 36.8 Å². The lowest BCUT2D eigenvalue weighted by atomic mass is 10.1. The predicted molar refractivity (Wildman–Crippen MR) is 63.9 cm³/mol. The molecule has 0 spiro atoms. The lowest BCUT2D eigenvalue weighted by molar-refractivity contribution is -0.123. The molecule has 0 aliphatic carbocycles. The zero-order valence-electron chi connectivity index (χ0n) is 9.49. The van der Waals surface area contributed by atoms with E-state index in [1.807, 2.05) is 6.92 Å². The number of rotatable bonds is 6. The van der Waals surface area contributed by atoms with Gasteiger partial charge in [0.2, 0.25) is 15.9 Å². The van der Waals surface area contributed by atoms with Gasteiger partial charge in [-0.25, -0.2) is 12.7 Å². The van der Waals surface area contributed by atoms with Gasteiger partial charge in [0.05, 0.1) is 5.75 Å². The summed E-state index contributed by atoms with van der Waals surface area (Å²) in [4.78, 5) is 11.5. The van der Waals surface area contributed by atoms with Crippen molar-refractivity contribution >= 4 is 27.5 Å². The fourth-order valence-electron chi connectivity index (χ4n) is 1.78. The molecule has 1 heterocycles. The number of amides is 1. The maximum absolute atomic E-state index is 11.8. The van der Waals surface area contributed by atoms with E-state index in [0.29, 0.717) is 31.7 Å². The molecule has 1 aliphatic heterocycles. The molecule has 94 valence electrons. The molecule has 1 unspecified atom stereocenters. The summed E-state index contributed by atoms with van der Waals surface area (Å²) in [6.07, 6.45) is 2.40. The molecule has 1 fully saturated rings. The van der Waals surface area contributed by atoms with E-state index in [1.165, 1.54) is 0 Å². The first kappa shape index (κ1) is 13.8. The van der Waals surface area contributed by atoms with E-state index < -0.39 is 10.0 Å². The van der Waals surface area contributed by atoms with Crippen molar-refractivity contribution in [2.24, 2.45) is 5.92 Å². The third kappa shape index (κ3) is 3.35. The van der Waals surface area contributed by atoms with Gasteiger partial charge < -0.3 is 0 Å². The maximum Gasteiger partial charge on any atom is 0.237 e. The van der Waals surface area contributed by atoms with E-state index in [9.17, 15) is 13.2 Å². The summed E-state index contributed by atoms with van der Waals surface area (Å²) in [6, 6.07) is 0. The summed E-state index contributed by atoms with van der Waals surface area (Å²) >= 11 is 5.49. The second-order valence-corrected chi connectivity index (χ2v) is 6.51. The first-order valence-corrected chi connectivity index (χ1v) is 7.74. The van der Waals surface area contributed by atoms with Crippen molar-refractivity contribution < 1.29 is 13.2 Å². The zero-order valence-corrected chi connectivity index (χ0v) is 11.1. The topological polar surface area (TPSA) is 54.5 Å². The molecule has 0 bridgehead atoms. The van der Waals surface area contributed by atoms with Crippen molar-refractivity contribution in [3.63, 3.8) is 0 Å². The molecule has 0 saturated carbocycles. The minimum absolute atomic E-state index is 0.0297. The highest BCUT2D eigenvalue weighted by molar-refractivity contribution is 7.89. The van der Waals surface area contributed by atoms with E-state index in [-0.39, 0.29) is 17.6 Å². The summed E-state index contributed by atoms with van der Waals surface area (Å²) in [7, 11) is -3.40. The van der Waals surface area contributed by atoms with Crippen LogP contribution in [0.5, 0.6) is 0 Å². The van der Waals surface area contributed by atoms with Gasteiger partial charge in [-0.1, -0.05) is 13.3 Å². The molecular weight excluding hydrogens is 250 g/mol. The average Bonchev–Trinajstić information content (AvgIpc) is 2.60. The fourth-order valence-corrected chi connectivity index (χ4v) is 3.58. The molecule has 4 nitrogen and oxygen atoms in total. The number of unbranched alkanes of at least 4 members (excludes halogenated alkanes) is 1. The molecule has 1 rings (SSSR count). The van der Waals surface area contributed by atoms with Crippen LogP contribution in [0.1, 0.15) is 32.6 Å². The van der Waals surface area contributed by atoms with Crippen LogP contribution in [-0.2, 0) is 14.8 Å². The van der Waals surface area contributed by atoms with Gasteiger partial charge in [-0.2, -0.15) is 0 Å². The van der Waals surface area contributed by atoms with Gasteiger partial charge in [0, 0.05) is 18.8 Å². The second kappa shape index (κ2) is 5.87. The summed E-state index contributed by atoms with van der Waals surface area (Å²) in [5.41, 5.74) is 0. The summed E-state index contributed by atoms with van der Waals surface area (Å²) < 4.78 is 24.7. The molecule has 0 aromatic carbocycles. The number of alkyl halides is 1. The molecule has 1 amide bonds. The van der Waals surface area contributed by atoms with Crippen LogP contribution in [0.15, 0.2) is 0 Å². The lowest BCUT2D eigenvalue weighted by Crippen LogP contribution is -2.34. The zero-order chi connectivity index (χ0) is 12.2. The van der Waals surface area contributed by atoms with Crippen molar-refractivity contribution in [2.75, 3.05) is 18.2 Å². The van der Waals surface area contributed by atoms with Gasteiger partial charge in [0.1, 0.15) is 0 Å². The van der Waals surface area contributed by atoms with Crippen molar-refractivity contribution in [1.29, 1.82) is 0 Å². The number of carbonyl (C=O) groups excluding carboxylic acids is 1. The molecule has 1 aliphatic rings. The minimum Gasteiger partial charge on any atom is -0.274 e. The highest BCUT2D eigenvalue weighted by atomic mass is 35.5. The Bertz CT molecular complexity index is 342. The second-order valence-electron chi connectivity index (χ2n) is 4.12. The Morgan fingerprint density at radius 3 is 2.62 bits per heavy atom. The first-order valence-electron chi connectivity index (χ1n) is 5.60.